The van der Waals surface area contributed by atoms with Gasteiger partial charge >= 0.3 is 12.0 Å². The summed E-state index contributed by atoms with van der Waals surface area (Å²) in [6, 6.07) is -0.331. The first-order valence-electron chi connectivity index (χ1n) is 7.59. The first-order chi connectivity index (χ1) is 10.6. The zero-order chi connectivity index (χ0) is 16.4. The topological polar surface area (TPSA) is 96.3 Å². The molecule has 0 bridgehead atoms. The van der Waals surface area contributed by atoms with Gasteiger partial charge in [0, 0.05) is 31.2 Å². The molecule has 0 aliphatic rings. The van der Waals surface area contributed by atoms with Gasteiger partial charge in [-0.25, -0.2) is 9.59 Å². The number of hydrogen-bond donors (Lipinski definition) is 3. The van der Waals surface area contributed by atoms with Gasteiger partial charge in [-0.05, 0) is 12.8 Å². The SMILES string of the molecule is CCCCCCNC(=O)NSc1nn(CCC)cc1C(=O)O. The van der Waals surface area contributed by atoms with E-state index in [9.17, 15) is 9.59 Å². The number of carbonyl (C=O) groups is 2. The lowest BCUT2D eigenvalue weighted by atomic mass is 10.2. The highest BCUT2D eigenvalue weighted by atomic mass is 32.2. The van der Waals surface area contributed by atoms with Gasteiger partial charge in [-0.3, -0.25) is 9.40 Å². The normalized spacial score (nSPS) is 10.5. The van der Waals surface area contributed by atoms with Crippen molar-refractivity contribution in [3.05, 3.63) is 11.8 Å². The molecule has 1 aromatic rings. The van der Waals surface area contributed by atoms with E-state index in [1.54, 1.807) is 4.68 Å². The molecule has 0 unspecified atom stereocenters. The van der Waals surface area contributed by atoms with Crippen LogP contribution in [0.5, 0.6) is 0 Å². The van der Waals surface area contributed by atoms with Gasteiger partial charge in [0.15, 0.2) is 5.03 Å². The molecular weight excluding hydrogens is 304 g/mol. The van der Waals surface area contributed by atoms with Crippen molar-refractivity contribution < 1.29 is 14.7 Å². The Labute approximate surface area is 135 Å². The Morgan fingerprint density at radius 2 is 2.05 bits per heavy atom. The van der Waals surface area contributed by atoms with E-state index in [0.717, 1.165) is 44.1 Å². The van der Waals surface area contributed by atoms with Crippen LogP contribution in [0.2, 0.25) is 0 Å². The van der Waals surface area contributed by atoms with Crippen molar-refractivity contribution in [2.75, 3.05) is 6.54 Å². The van der Waals surface area contributed by atoms with Gasteiger partial charge in [0.2, 0.25) is 0 Å². The van der Waals surface area contributed by atoms with E-state index < -0.39 is 5.97 Å². The average molecular weight is 328 g/mol. The molecule has 22 heavy (non-hydrogen) atoms. The van der Waals surface area contributed by atoms with Crippen molar-refractivity contribution in [1.29, 1.82) is 0 Å². The summed E-state index contributed by atoms with van der Waals surface area (Å²) in [5, 5.41) is 16.3. The number of unbranched alkanes of at least 4 members (excludes halogenated alkanes) is 3. The highest BCUT2D eigenvalue weighted by Gasteiger charge is 2.16. The Bertz CT molecular complexity index is 490. The molecule has 2 amide bonds. The molecule has 124 valence electrons. The van der Waals surface area contributed by atoms with Gasteiger partial charge in [-0.15, -0.1) is 0 Å². The highest BCUT2D eigenvalue weighted by molar-refractivity contribution is 7.98. The van der Waals surface area contributed by atoms with Gasteiger partial charge in [-0.1, -0.05) is 33.1 Å². The van der Waals surface area contributed by atoms with Crippen molar-refractivity contribution >= 4 is 23.9 Å². The molecule has 0 spiro atoms. The van der Waals surface area contributed by atoms with Crippen LogP contribution in [0.3, 0.4) is 0 Å². The highest BCUT2D eigenvalue weighted by Crippen LogP contribution is 2.18. The number of carboxylic acids is 1. The van der Waals surface area contributed by atoms with Crippen LogP contribution in [0.15, 0.2) is 11.2 Å². The molecule has 8 heteroatoms. The Balaban J connectivity index is 2.42. The van der Waals surface area contributed by atoms with E-state index in [-0.39, 0.29) is 11.6 Å². The maximum absolute atomic E-state index is 11.6. The first kappa shape index (κ1) is 18.3. The minimum Gasteiger partial charge on any atom is -0.478 e. The summed E-state index contributed by atoms with van der Waals surface area (Å²) < 4.78 is 4.15. The van der Waals surface area contributed by atoms with Gasteiger partial charge in [0.25, 0.3) is 0 Å². The van der Waals surface area contributed by atoms with Crippen LogP contribution in [0.1, 0.15) is 56.3 Å². The summed E-state index contributed by atoms with van der Waals surface area (Å²) in [6.07, 6.45) is 6.69. The smallest absolute Gasteiger partial charge is 0.340 e. The van der Waals surface area contributed by atoms with Gasteiger partial charge < -0.3 is 10.4 Å². The molecule has 0 aliphatic heterocycles. The standard InChI is InChI=1S/C14H24N4O3S/c1-3-5-6-7-8-15-14(21)17-22-12-11(13(19)20)10-18(16-12)9-4-2/h10H,3-9H2,1-2H3,(H,19,20)(H2,15,17,21). The maximum atomic E-state index is 11.6. The molecule has 7 nitrogen and oxygen atoms in total. The van der Waals surface area contributed by atoms with Crippen LogP contribution < -0.4 is 10.0 Å². The Morgan fingerprint density at radius 1 is 1.27 bits per heavy atom. The van der Waals surface area contributed by atoms with E-state index in [0.29, 0.717) is 18.1 Å². The van der Waals surface area contributed by atoms with E-state index in [4.69, 9.17) is 5.11 Å². The largest absolute Gasteiger partial charge is 0.478 e. The summed E-state index contributed by atoms with van der Waals surface area (Å²) >= 11 is 0.924. The molecule has 1 rings (SSSR count). The third kappa shape index (κ3) is 6.38. The number of nitrogens with one attached hydrogen (secondary N) is 2. The lowest BCUT2D eigenvalue weighted by Gasteiger charge is -2.05. The molecule has 0 fully saturated rings. The number of nitrogens with zero attached hydrogens (tertiary/aromatic N) is 2. The van der Waals surface area contributed by atoms with Gasteiger partial charge in [-0.2, -0.15) is 5.10 Å². The quantitative estimate of drug-likeness (QED) is 0.453. The minimum atomic E-state index is -1.05. The average Bonchev–Trinajstić information content (AvgIpc) is 2.88. The summed E-state index contributed by atoms with van der Waals surface area (Å²) in [7, 11) is 0. The molecule has 0 saturated heterocycles. The minimum absolute atomic E-state index is 0.0988. The second kappa shape index (κ2) is 10.1. The number of aryl methyl sites for hydroxylation is 1. The summed E-state index contributed by atoms with van der Waals surface area (Å²) in [6.45, 7) is 5.38. The summed E-state index contributed by atoms with van der Waals surface area (Å²) in [5.74, 6) is -1.05. The van der Waals surface area contributed by atoms with Gasteiger partial charge in [0.1, 0.15) is 5.56 Å². The number of aromatic nitrogens is 2. The number of hydrogen-bond acceptors (Lipinski definition) is 4. The Hall–Kier alpha value is -1.70. The fourth-order valence-electron chi connectivity index (χ4n) is 1.85. The predicted molar refractivity (Wildman–Crippen MR) is 86.0 cm³/mol. The van der Waals surface area contributed by atoms with E-state index in [1.807, 2.05) is 6.92 Å². The first-order valence-corrected chi connectivity index (χ1v) is 8.41. The van der Waals surface area contributed by atoms with Crippen molar-refractivity contribution in [2.24, 2.45) is 0 Å². The Kier molecular flexibility index (Phi) is 8.42. The van der Waals surface area contributed by atoms with Crippen LogP contribution in [0.25, 0.3) is 0 Å². The zero-order valence-corrected chi connectivity index (χ0v) is 13.9. The fraction of sp³-hybridized carbons (Fsp3) is 0.643. The number of urea groups is 1. The molecule has 3 N–H and O–H groups in total. The van der Waals surface area contributed by atoms with E-state index in [2.05, 4.69) is 22.1 Å². The lowest BCUT2D eigenvalue weighted by molar-refractivity contribution is 0.0693. The molecule has 0 radical (unpaired) electrons. The number of carbonyl (C=O) groups excluding carboxylic acids is 1. The number of amides is 2. The van der Waals surface area contributed by atoms with Crippen molar-refractivity contribution in [2.45, 2.75) is 57.5 Å². The molecular formula is C14H24N4O3S. The second-order valence-electron chi connectivity index (χ2n) is 4.94. The van der Waals surface area contributed by atoms with Crippen LogP contribution in [-0.2, 0) is 6.54 Å². The second-order valence-corrected chi connectivity index (χ2v) is 5.73. The van der Waals surface area contributed by atoms with Crippen molar-refractivity contribution in [1.82, 2.24) is 19.8 Å². The molecule has 1 aromatic heterocycles. The molecule has 0 aromatic carbocycles. The molecule has 0 saturated carbocycles. The molecule has 1 heterocycles. The summed E-state index contributed by atoms with van der Waals surface area (Å²) in [4.78, 5) is 22.8. The number of rotatable bonds is 10. The van der Waals surface area contributed by atoms with Crippen LogP contribution in [-0.4, -0.2) is 33.4 Å². The van der Waals surface area contributed by atoms with Gasteiger partial charge in [0.05, 0.1) is 0 Å². The monoisotopic (exact) mass is 328 g/mol. The van der Waals surface area contributed by atoms with E-state index >= 15 is 0 Å². The lowest BCUT2D eigenvalue weighted by Crippen LogP contribution is -2.32. The maximum Gasteiger partial charge on any atom is 0.340 e. The fourth-order valence-corrected chi connectivity index (χ4v) is 2.51. The number of aromatic carboxylic acids is 1. The van der Waals surface area contributed by atoms with Crippen molar-refractivity contribution in [3.8, 4) is 0 Å². The van der Waals surface area contributed by atoms with Crippen LogP contribution in [0.4, 0.5) is 4.79 Å². The Morgan fingerprint density at radius 3 is 2.68 bits per heavy atom. The predicted octanol–water partition coefficient (Wildman–Crippen LogP) is 2.88. The van der Waals surface area contributed by atoms with Crippen LogP contribution >= 0.6 is 11.9 Å². The zero-order valence-electron chi connectivity index (χ0n) is 13.1. The third-order valence-corrected chi connectivity index (χ3v) is 3.75. The third-order valence-electron chi connectivity index (χ3n) is 2.97. The van der Waals surface area contributed by atoms with Crippen molar-refractivity contribution in [3.63, 3.8) is 0 Å². The van der Waals surface area contributed by atoms with Crippen LogP contribution in [0, 0.1) is 0 Å². The molecule has 0 atom stereocenters. The van der Waals surface area contributed by atoms with E-state index in [1.165, 1.54) is 6.20 Å². The number of carboxylic acid groups (broad SMARTS) is 1. The molecule has 0 aliphatic carbocycles. The summed E-state index contributed by atoms with van der Waals surface area (Å²) in [5.41, 5.74) is 0.0988.